The van der Waals surface area contributed by atoms with Crippen molar-refractivity contribution in [1.82, 2.24) is 14.6 Å². The Hall–Kier alpha value is -4.62. The first kappa shape index (κ1) is 32.8. The van der Waals surface area contributed by atoms with Gasteiger partial charge in [0.05, 0.1) is 5.69 Å². The number of aliphatic hydroxyl groups excluding tert-OH is 2. The van der Waals surface area contributed by atoms with Crippen molar-refractivity contribution in [1.29, 1.82) is 5.26 Å². The smallest absolute Gasteiger partial charge is 0.414 e. The lowest BCUT2D eigenvalue weighted by molar-refractivity contribution is -0.161. The van der Waals surface area contributed by atoms with Crippen LogP contribution < -0.4 is 11.1 Å². The number of hydrogen-bond acceptors (Lipinski definition) is 13. The van der Waals surface area contributed by atoms with Crippen LogP contribution in [0.1, 0.15) is 49.8 Å². The molecule has 1 saturated carbocycles. The second kappa shape index (κ2) is 14.6. The first-order valence-electron chi connectivity index (χ1n) is 15.1. The Morgan fingerprint density at radius 2 is 1.91 bits per heavy atom. The van der Waals surface area contributed by atoms with Crippen LogP contribution in [0, 0.1) is 17.2 Å². The zero-order valence-electron chi connectivity index (χ0n) is 25.0. The van der Waals surface area contributed by atoms with E-state index in [2.05, 4.69) is 20.1 Å². The van der Waals surface area contributed by atoms with Gasteiger partial charge < -0.3 is 34.9 Å². The number of carbonyl (C=O) groups is 3. The lowest BCUT2D eigenvalue weighted by Gasteiger charge is -2.25. The van der Waals surface area contributed by atoms with Gasteiger partial charge in [-0.15, -0.1) is 0 Å². The number of esters is 2. The van der Waals surface area contributed by atoms with Gasteiger partial charge in [-0.25, -0.2) is 14.3 Å². The molecule has 1 saturated heterocycles. The molecule has 5 atom stereocenters. The van der Waals surface area contributed by atoms with Crippen molar-refractivity contribution in [3.8, 4) is 6.07 Å². The standard InChI is InChI=1S/C31H36N6O9/c32-16-31(24-12-11-22-28(34-17-35-37(22)24)36-30(42)44-18-38)27(40)26(45-25(39)14-20-9-5-2-6-10-20)23(46-31)15-43-29(41)21(33)13-19-7-3-1-4-8-19/h1,3-4,7-8,11-12,17,20-21,23,26-27,38,40H,2,5-6,9-10,13-15,18,33H2,(H,34,35,36,42)/t21-,23+,26+,27+,31-/m0/s1. The highest BCUT2D eigenvalue weighted by molar-refractivity contribution is 5.88. The van der Waals surface area contributed by atoms with Gasteiger partial charge in [-0.3, -0.25) is 14.9 Å². The van der Waals surface area contributed by atoms with Crippen molar-refractivity contribution >= 4 is 29.4 Å². The monoisotopic (exact) mass is 636 g/mol. The quantitative estimate of drug-likeness (QED) is 0.134. The topological polar surface area (TPSA) is 221 Å². The molecular weight excluding hydrogens is 600 g/mol. The largest absolute Gasteiger partial charge is 0.462 e. The van der Waals surface area contributed by atoms with Crippen LogP contribution in [0.3, 0.4) is 0 Å². The average molecular weight is 637 g/mol. The number of fused-ring (bicyclic) bond motifs is 1. The minimum Gasteiger partial charge on any atom is -0.462 e. The molecule has 0 unspecified atom stereocenters. The second-order valence-corrected chi connectivity index (χ2v) is 11.3. The molecule has 1 aliphatic heterocycles. The summed E-state index contributed by atoms with van der Waals surface area (Å²) in [6, 6.07) is 13.1. The number of nitriles is 1. The van der Waals surface area contributed by atoms with Crippen LogP contribution in [-0.4, -0.2) is 80.6 Å². The molecule has 3 heterocycles. The average Bonchev–Trinajstić information content (AvgIpc) is 3.61. The van der Waals surface area contributed by atoms with E-state index in [-0.39, 0.29) is 35.8 Å². The Balaban J connectivity index is 1.40. The summed E-state index contributed by atoms with van der Waals surface area (Å²) < 4.78 is 23.1. The molecule has 5 N–H and O–H groups in total. The third-order valence-electron chi connectivity index (χ3n) is 8.28. The summed E-state index contributed by atoms with van der Waals surface area (Å²) in [6.45, 7) is -1.33. The minimum atomic E-state index is -2.15. The fourth-order valence-corrected chi connectivity index (χ4v) is 5.99. The fourth-order valence-electron chi connectivity index (χ4n) is 5.99. The van der Waals surface area contributed by atoms with Crippen LogP contribution >= 0.6 is 0 Å². The van der Waals surface area contributed by atoms with Gasteiger partial charge >= 0.3 is 18.0 Å². The number of rotatable bonds is 11. The Labute approximate surface area is 264 Å². The number of nitrogens with two attached hydrogens (primary N) is 1. The van der Waals surface area contributed by atoms with Crippen molar-refractivity contribution in [3.05, 3.63) is 60.0 Å². The maximum absolute atomic E-state index is 13.1. The number of carbonyl (C=O) groups excluding carboxylic acids is 3. The van der Waals surface area contributed by atoms with Crippen LogP contribution in [-0.2, 0) is 40.6 Å². The number of benzene rings is 1. The Kier molecular flexibility index (Phi) is 10.4. The molecule has 2 fully saturated rings. The Morgan fingerprint density at radius 3 is 2.63 bits per heavy atom. The lowest BCUT2D eigenvalue weighted by Crippen LogP contribution is -2.43. The van der Waals surface area contributed by atoms with Gasteiger partial charge in [0.25, 0.3) is 0 Å². The summed E-state index contributed by atoms with van der Waals surface area (Å²) >= 11 is 0. The number of anilines is 1. The van der Waals surface area contributed by atoms with Crippen LogP contribution in [0.15, 0.2) is 48.8 Å². The van der Waals surface area contributed by atoms with Gasteiger partial charge in [0.1, 0.15) is 42.8 Å². The molecule has 1 aliphatic carbocycles. The molecule has 1 aromatic carbocycles. The van der Waals surface area contributed by atoms with Crippen LogP contribution in [0.4, 0.5) is 10.6 Å². The van der Waals surface area contributed by atoms with E-state index in [9.17, 15) is 24.8 Å². The van der Waals surface area contributed by atoms with E-state index >= 15 is 0 Å². The molecule has 0 bridgehead atoms. The number of amides is 1. The number of ether oxygens (including phenoxy) is 4. The molecule has 0 radical (unpaired) electrons. The second-order valence-electron chi connectivity index (χ2n) is 11.3. The van der Waals surface area contributed by atoms with Gasteiger partial charge in [-0.1, -0.05) is 49.6 Å². The molecule has 15 nitrogen and oxygen atoms in total. The SMILES string of the molecule is N#C[C@@]1(c2ccc3c(NC(=O)OCO)ncnn23)O[C@H](COC(=O)[C@@H](N)Cc2ccccc2)[C@@H](OC(=O)CC2CCCCC2)[C@H]1O. The summed E-state index contributed by atoms with van der Waals surface area (Å²) in [7, 11) is 0. The third kappa shape index (κ3) is 7.10. The fraction of sp³-hybridized carbons (Fsp3) is 0.484. The summed E-state index contributed by atoms with van der Waals surface area (Å²) in [5.74, 6) is -1.19. The van der Waals surface area contributed by atoms with E-state index in [0.29, 0.717) is 0 Å². The molecule has 15 heteroatoms. The van der Waals surface area contributed by atoms with Gasteiger partial charge in [0, 0.05) is 6.42 Å². The van der Waals surface area contributed by atoms with Crippen LogP contribution in [0.5, 0.6) is 0 Å². The molecule has 2 aliphatic rings. The molecule has 0 spiro atoms. The van der Waals surface area contributed by atoms with Crippen LogP contribution in [0.2, 0.25) is 0 Å². The van der Waals surface area contributed by atoms with Gasteiger partial charge in [-0.05, 0) is 42.9 Å². The molecular formula is C31H36N6O9. The molecule has 3 aromatic rings. The molecule has 1 amide bonds. The van der Waals surface area contributed by atoms with Gasteiger partial charge in [-0.2, -0.15) is 10.4 Å². The van der Waals surface area contributed by atoms with Crippen molar-refractivity contribution in [2.24, 2.45) is 11.7 Å². The van der Waals surface area contributed by atoms with E-state index in [4.69, 9.17) is 25.1 Å². The summed E-state index contributed by atoms with van der Waals surface area (Å²) in [6.07, 6.45) is 1.000. The highest BCUT2D eigenvalue weighted by Crippen LogP contribution is 2.42. The van der Waals surface area contributed by atoms with E-state index in [1.165, 1.54) is 16.6 Å². The maximum atomic E-state index is 13.1. The predicted octanol–water partition coefficient (Wildman–Crippen LogP) is 1.70. The van der Waals surface area contributed by atoms with E-state index in [1.54, 1.807) is 0 Å². The summed E-state index contributed by atoms with van der Waals surface area (Å²) in [5.41, 5.74) is 5.00. The van der Waals surface area contributed by atoms with E-state index in [0.717, 1.165) is 44.0 Å². The lowest BCUT2D eigenvalue weighted by atomic mass is 9.87. The first-order chi connectivity index (χ1) is 22.3. The third-order valence-corrected chi connectivity index (χ3v) is 8.28. The summed E-state index contributed by atoms with van der Waals surface area (Å²) in [5, 5.41) is 37.5. The maximum Gasteiger partial charge on any atom is 0.414 e. The predicted molar refractivity (Wildman–Crippen MR) is 158 cm³/mol. The van der Waals surface area contributed by atoms with Crippen molar-refractivity contribution < 1.29 is 43.5 Å². The normalized spacial score (nSPS) is 23.7. The van der Waals surface area contributed by atoms with Gasteiger partial charge in [0.15, 0.2) is 18.7 Å². The number of aromatic nitrogens is 3. The van der Waals surface area contributed by atoms with Gasteiger partial charge in [0.2, 0.25) is 5.60 Å². The first-order valence-corrected chi connectivity index (χ1v) is 15.1. The number of nitrogens with one attached hydrogen (secondary N) is 1. The van der Waals surface area contributed by atoms with Crippen LogP contribution in [0.25, 0.3) is 5.52 Å². The zero-order chi connectivity index (χ0) is 32.7. The highest BCUT2D eigenvalue weighted by atomic mass is 16.6. The molecule has 244 valence electrons. The minimum absolute atomic E-state index is 0.0198. The highest BCUT2D eigenvalue weighted by Gasteiger charge is 2.60. The van der Waals surface area contributed by atoms with Crippen molar-refractivity contribution in [3.63, 3.8) is 0 Å². The zero-order valence-corrected chi connectivity index (χ0v) is 25.0. The van der Waals surface area contributed by atoms with Crippen molar-refractivity contribution in [2.45, 2.75) is 74.9 Å². The number of aliphatic hydroxyl groups is 2. The molecule has 2 aromatic heterocycles. The number of nitrogens with zero attached hydrogens (tertiary/aromatic N) is 4. The Morgan fingerprint density at radius 1 is 1.15 bits per heavy atom. The molecule has 5 rings (SSSR count). The van der Waals surface area contributed by atoms with E-state index < -0.39 is 61.4 Å². The Bertz CT molecular complexity index is 1570. The summed E-state index contributed by atoms with van der Waals surface area (Å²) in [4.78, 5) is 41.9. The van der Waals surface area contributed by atoms with E-state index in [1.807, 2.05) is 36.4 Å². The van der Waals surface area contributed by atoms with Crippen molar-refractivity contribution in [2.75, 3.05) is 18.7 Å². The number of hydrogen-bond donors (Lipinski definition) is 4. The molecule has 46 heavy (non-hydrogen) atoms.